The number of rotatable bonds is 4. The van der Waals surface area contributed by atoms with E-state index in [2.05, 4.69) is 29.6 Å². The number of carbonyl (C=O) groups excluding carboxylic acids is 1. The minimum Gasteiger partial charge on any atom is -0.353 e. The Hall–Kier alpha value is -0.610. The van der Waals surface area contributed by atoms with E-state index in [0.717, 1.165) is 25.9 Å². The molecule has 1 aliphatic heterocycles. The molecule has 1 saturated carbocycles. The molecule has 0 aromatic heterocycles. The highest BCUT2D eigenvalue weighted by Gasteiger charge is 2.39. The average molecular weight is 267 g/mol. The minimum atomic E-state index is -0.345. The molecule has 0 bridgehead atoms. The van der Waals surface area contributed by atoms with Crippen LogP contribution < -0.4 is 10.6 Å². The quantitative estimate of drug-likeness (QED) is 0.811. The summed E-state index contributed by atoms with van der Waals surface area (Å²) in [5.41, 5.74) is -0.176. The van der Waals surface area contributed by atoms with Gasteiger partial charge < -0.3 is 15.5 Å². The molecule has 0 aromatic rings. The molecule has 1 amide bonds. The van der Waals surface area contributed by atoms with Crippen LogP contribution in [0.2, 0.25) is 0 Å². The first-order valence-corrected chi connectivity index (χ1v) is 7.69. The number of nitrogens with zero attached hydrogens (tertiary/aromatic N) is 1. The number of likely N-dealkylation sites (N-methyl/N-ethyl adjacent to an activating group) is 1. The highest BCUT2D eigenvalue weighted by molar-refractivity contribution is 5.86. The lowest BCUT2D eigenvalue weighted by atomic mass is 9.80. The van der Waals surface area contributed by atoms with Crippen molar-refractivity contribution in [3.8, 4) is 0 Å². The summed E-state index contributed by atoms with van der Waals surface area (Å²) in [7, 11) is 4.29. The Morgan fingerprint density at radius 3 is 2.37 bits per heavy atom. The minimum absolute atomic E-state index is 0.170. The summed E-state index contributed by atoms with van der Waals surface area (Å²) in [6.07, 6.45) is 8.35. The molecule has 110 valence electrons. The molecule has 1 heterocycles. The predicted molar refractivity (Wildman–Crippen MR) is 78.2 cm³/mol. The summed E-state index contributed by atoms with van der Waals surface area (Å²) in [6, 6.07) is 0. The second-order valence-electron chi connectivity index (χ2n) is 6.72. The van der Waals surface area contributed by atoms with Gasteiger partial charge in [0.1, 0.15) is 0 Å². The van der Waals surface area contributed by atoms with Crippen molar-refractivity contribution >= 4 is 5.91 Å². The lowest BCUT2D eigenvalue weighted by molar-refractivity contribution is -0.127. The van der Waals surface area contributed by atoms with E-state index in [-0.39, 0.29) is 17.0 Å². The van der Waals surface area contributed by atoms with Crippen molar-refractivity contribution in [2.45, 2.75) is 62.9 Å². The van der Waals surface area contributed by atoms with Gasteiger partial charge in [0.25, 0.3) is 0 Å². The van der Waals surface area contributed by atoms with Gasteiger partial charge in [0.05, 0.1) is 5.54 Å². The van der Waals surface area contributed by atoms with Gasteiger partial charge >= 0.3 is 0 Å². The van der Waals surface area contributed by atoms with E-state index >= 15 is 0 Å². The second kappa shape index (κ2) is 5.80. The van der Waals surface area contributed by atoms with Gasteiger partial charge in [-0.3, -0.25) is 4.79 Å². The summed E-state index contributed by atoms with van der Waals surface area (Å²) >= 11 is 0. The van der Waals surface area contributed by atoms with Crippen LogP contribution in [0, 0.1) is 0 Å². The smallest absolute Gasteiger partial charge is 0.240 e. The molecule has 1 atom stereocenters. The Labute approximate surface area is 117 Å². The zero-order valence-corrected chi connectivity index (χ0v) is 12.7. The third kappa shape index (κ3) is 3.11. The summed E-state index contributed by atoms with van der Waals surface area (Å²) < 4.78 is 0. The third-order valence-electron chi connectivity index (χ3n) is 5.18. The van der Waals surface area contributed by atoms with Crippen molar-refractivity contribution in [1.29, 1.82) is 0 Å². The van der Waals surface area contributed by atoms with E-state index in [1.165, 1.54) is 32.1 Å². The van der Waals surface area contributed by atoms with Crippen LogP contribution in [0.1, 0.15) is 51.9 Å². The average Bonchev–Trinajstić information content (AvgIpc) is 2.85. The van der Waals surface area contributed by atoms with Crippen LogP contribution in [-0.2, 0) is 4.79 Å². The number of carbonyl (C=O) groups is 1. The summed E-state index contributed by atoms with van der Waals surface area (Å²) in [6.45, 7) is 3.78. The summed E-state index contributed by atoms with van der Waals surface area (Å²) in [5.74, 6) is 0.178. The number of hydrogen-bond acceptors (Lipinski definition) is 3. The topological polar surface area (TPSA) is 44.4 Å². The standard InChI is InChI=1S/C15H29N3O/c1-14(8-7-11-17-14)13(19)16-12-15(18(2)3)9-5-4-6-10-15/h17H,4-12H2,1-3H3,(H,16,19). The Morgan fingerprint density at radius 1 is 1.16 bits per heavy atom. The largest absolute Gasteiger partial charge is 0.353 e. The Kier molecular flexibility index (Phi) is 4.51. The van der Waals surface area contributed by atoms with Gasteiger partial charge in [-0.15, -0.1) is 0 Å². The monoisotopic (exact) mass is 267 g/mol. The number of nitrogens with one attached hydrogen (secondary N) is 2. The number of hydrogen-bond donors (Lipinski definition) is 2. The molecule has 0 aromatic carbocycles. The van der Waals surface area contributed by atoms with E-state index in [1.54, 1.807) is 0 Å². The van der Waals surface area contributed by atoms with E-state index in [9.17, 15) is 4.79 Å². The van der Waals surface area contributed by atoms with Gasteiger partial charge in [-0.1, -0.05) is 19.3 Å². The number of amides is 1. The second-order valence-corrected chi connectivity index (χ2v) is 6.72. The van der Waals surface area contributed by atoms with Gasteiger partial charge in [-0.05, 0) is 53.2 Å². The molecule has 4 heteroatoms. The van der Waals surface area contributed by atoms with Crippen LogP contribution >= 0.6 is 0 Å². The summed E-state index contributed by atoms with van der Waals surface area (Å²) in [5, 5.41) is 6.55. The first kappa shape index (κ1) is 14.8. The Balaban J connectivity index is 1.93. The van der Waals surface area contributed by atoms with Crippen LogP contribution in [0.4, 0.5) is 0 Å². The van der Waals surface area contributed by atoms with Crippen molar-refractivity contribution in [3.05, 3.63) is 0 Å². The van der Waals surface area contributed by atoms with E-state index in [4.69, 9.17) is 0 Å². The molecule has 19 heavy (non-hydrogen) atoms. The van der Waals surface area contributed by atoms with E-state index < -0.39 is 0 Å². The highest BCUT2D eigenvalue weighted by Crippen LogP contribution is 2.31. The van der Waals surface area contributed by atoms with Gasteiger partial charge in [0.2, 0.25) is 5.91 Å². The molecule has 2 aliphatic rings. The molecule has 2 N–H and O–H groups in total. The molecule has 4 nitrogen and oxygen atoms in total. The van der Waals surface area contributed by atoms with Gasteiger partial charge in [-0.2, -0.15) is 0 Å². The fraction of sp³-hybridized carbons (Fsp3) is 0.933. The molecule has 0 radical (unpaired) electrons. The molecule has 1 unspecified atom stereocenters. The van der Waals surface area contributed by atoms with Crippen LogP contribution in [0.25, 0.3) is 0 Å². The zero-order chi connectivity index (χ0) is 13.9. The third-order valence-corrected chi connectivity index (χ3v) is 5.18. The molecule has 0 spiro atoms. The first-order valence-electron chi connectivity index (χ1n) is 7.69. The van der Waals surface area contributed by atoms with Crippen LogP contribution in [0.5, 0.6) is 0 Å². The normalized spacial score (nSPS) is 30.5. The fourth-order valence-electron chi connectivity index (χ4n) is 3.52. The predicted octanol–water partition coefficient (Wildman–Crippen LogP) is 1.51. The van der Waals surface area contributed by atoms with Crippen LogP contribution in [0.15, 0.2) is 0 Å². The molecule has 2 rings (SSSR count). The zero-order valence-electron chi connectivity index (χ0n) is 12.7. The van der Waals surface area contributed by atoms with Crippen LogP contribution in [-0.4, -0.2) is 49.1 Å². The molecule has 1 aliphatic carbocycles. The van der Waals surface area contributed by atoms with E-state index in [0.29, 0.717) is 0 Å². The van der Waals surface area contributed by atoms with Crippen molar-refractivity contribution < 1.29 is 4.79 Å². The maximum atomic E-state index is 12.4. The maximum absolute atomic E-state index is 12.4. The summed E-state index contributed by atoms with van der Waals surface area (Å²) in [4.78, 5) is 14.7. The lowest BCUT2D eigenvalue weighted by Gasteiger charge is -2.43. The molecular weight excluding hydrogens is 238 g/mol. The van der Waals surface area contributed by atoms with Crippen LogP contribution in [0.3, 0.4) is 0 Å². The van der Waals surface area contributed by atoms with Crippen molar-refractivity contribution in [1.82, 2.24) is 15.5 Å². The lowest BCUT2D eigenvalue weighted by Crippen LogP contribution is -2.58. The maximum Gasteiger partial charge on any atom is 0.240 e. The molecular formula is C15H29N3O. The van der Waals surface area contributed by atoms with Crippen molar-refractivity contribution in [2.75, 3.05) is 27.2 Å². The van der Waals surface area contributed by atoms with Gasteiger partial charge in [-0.25, -0.2) is 0 Å². The van der Waals surface area contributed by atoms with Gasteiger partial charge in [0.15, 0.2) is 0 Å². The van der Waals surface area contributed by atoms with E-state index in [1.807, 2.05) is 6.92 Å². The highest BCUT2D eigenvalue weighted by atomic mass is 16.2. The Bertz CT molecular complexity index is 315. The van der Waals surface area contributed by atoms with Crippen molar-refractivity contribution in [2.24, 2.45) is 0 Å². The Morgan fingerprint density at radius 2 is 1.84 bits per heavy atom. The SMILES string of the molecule is CN(C)C1(CNC(=O)C2(C)CCCN2)CCCCC1. The fourth-order valence-corrected chi connectivity index (χ4v) is 3.52. The first-order chi connectivity index (χ1) is 8.99. The van der Waals surface area contributed by atoms with Crippen molar-refractivity contribution in [3.63, 3.8) is 0 Å². The molecule has 2 fully saturated rings. The van der Waals surface area contributed by atoms with Gasteiger partial charge in [0, 0.05) is 12.1 Å². The molecule has 1 saturated heterocycles.